The lowest BCUT2D eigenvalue weighted by molar-refractivity contribution is -0.135. The lowest BCUT2D eigenvalue weighted by Crippen LogP contribution is -2.57. The minimum absolute atomic E-state index is 0.0202. The number of alkyl carbamates (subject to hydrolysis) is 1. The van der Waals surface area contributed by atoms with Crippen LogP contribution in [0.3, 0.4) is 0 Å². The first-order valence-corrected chi connectivity index (χ1v) is 13.0. The van der Waals surface area contributed by atoms with Crippen molar-refractivity contribution in [2.45, 2.75) is 78.4 Å². The van der Waals surface area contributed by atoms with E-state index in [1.165, 1.54) is 0 Å². The van der Waals surface area contributed by atoms with Gasteiger partial charge in [0.05, 0.1) is 24.0 Å². The molecule has 0 bridgehead atoms. The maximum Gasteiger partial charge on any atom is 0.408 e. The Morgan fingerprint density at radius 1 is 1.24 bits per heavy atom. The molecule has 12 heteroatoms. The molecule has 0 saturated carbocycles. The van der Waals surface area contributed by atoms with Crippen LogP contribution < -0.4 is 10.6 Å². The standard InChI is InChI=1S/C25H33ClFN5O4S/c1-24(2,3)20(29-23(35)36-25(4,5)6)22(34)30-21(33)19-10-16(27)13-32(19)12-14-9-15(26)7-8-17(14)18-11-28-37-31-18/h7-9,11,16,19-20H,10,12-13H2,1-6H3,(H,29,35)(H,30,33,34)/t16-,19+,20+/m1/s1. The highest BCUT2D eigenvalue weighted by molar-refractivity contribution is 6.99. The molecule has 1 fully saturated rings. The van der Waals surface area contributed by atoms with E-state index in [9.17, 15) is 18.8 Å². The molecule has 1 aromatic heterocycles. The third-order valence-electron chi connectivity index (χ3n) is 5.77. The van der Waals surface area contributed by atoms with Crippen LogP contribution in [0.25, 0.3) is 11.3 Å². The molecular formula is C25H33ClFN5O4S. The number of alkyl halides is 1. The van der Waals surface area contributed by atoms with Crippen LogP contribution in [0.15, 0.2) is 24.4 Å². The molecular weight excluding hydrogens is 521 g/mol. The second-order valence-corrected chi connectivity index (χ2v) is 12.2. The van der Waals surface area contributed by atoms with Crippen molar-refractivity contribution in [1.82, 2.24) is 24.3 Å². The fraction of sp³-hybridized carbons (Fsp3) is 0.560. The molecule has 1 saturated heterocycles. The Balaban J connectivity index is 1.76. The van der Waals surface area contributed by atoms with Crippen LogP contribution in [0.4, 0.5) is 9.18 Å². The van der Waals surface area contributed by atoms with Crippen LogP contribution in [0.2, 0.25) is 5.02 Å². The van der Waals surface area contributed by atoms with E-state index in [0.717, 1.165) is 22.9 Å². The summed E-state index contributed by atoms with van der Waals surface area (Å²) in [5.74, 6) is -1.33. The van der Waals surface area contributed by atoms with E-state index in [1.807, 2.05) is 6.07 Å². The number of aromatic nitrogens is 2. The normalized spacial score (nSPS) is 19.4. The molecule has 1 aromatic carbocycles. The number of amides is 3. The first-order valence-electron chi connectivity index (χ1n) is 11.9. The van der Waals surface area contributed by atoms with Crippen molar-refractivity contribution in [3.63, 3.8) is 0 Å². The van der Waals surface area contributed by atoms with Gasteiger partial charge >= 0.3 is 6.09 Å². The quantitative estimate of drug-likeness (QED) is 0.546. The van der Waals surface area contributed by atoms with Crippen LogP contribution in [0.5, 0.6) is 0 Å². The van der Waals surface area contributed by atoms with Crippen molar-refractivity contribution >= 4 is 41.2 Å². The zero-order valence-electron chi connectivity index (χ0n) is 21.8. The van der Waals surface area contributed by atoms with E-state index >= 15 is 0 Å². The number of halogens is 2. The van der Waals surface area contributed by atoms with E-state index in [0.29, 0.717) is 10.7 Å². The van der Waals surface area contributed by atoms with Gasteiger partial charge in [0.2, 0.25) is 11.8 Å². The molecule has 3 rings (SSSR count). The van der Waals surface area contributed by atoms with Gasteiger partial charge in [-0.05, 0) is 43.9 Å². The van der Waals surface area contributed by atoms with Gasteiger partial charge in [-0.25, -0.2) is 9.18 Å². The Labute approximate surface area is 225 Å². The first kappa shape index (κ1) is 28.9. The number of likely N-dealkylation sites (tertiary alicyclic amines) is 1. The number of carbonyl (C=O) groups excluding carboxylic acids is 3. The smallest absolute Gasteiger partial charge is 0.408 e. The Hall–Kier alpha value is -2.63. The molecule has 2 aromatic rings. The molecule has 2 heterocycles. The molecule has 3 atom stereocenters. The number of carbonyl (C=O) groups is 3. The van der Waals surface area contributed by atoms with Gasteiger partial charge in [0.15, 0.2) is 0 Å². The van der Waals surface area contributed by atoms with Gasteiger partial charge < -0.3 is 10.1 Å². The van der Waals surface area contributed by atoms with Gasteiger partial charge in [-0.3, -0.25) is 19.8 Å². The number of hydrogen-bond acceptors (Lipinski definition) is 8. The summed E-state index contributed by atoms with van der Waals surface area (Å²) < 4.78 is 28.1. The van der Waals surface area contributed by atoms with Crippen LogP contribution in [-0.2, 0) is 20.9 Å². The highest BCUT2D eigenvalue weighted by Gasteiger charge is 2.40. The maximum atomic E-state index is 14.5. The SMILES string of the molecule is CC(C)(C)OC(=O)N[C@@H](C(=O)NC(=O)[C@@H]1C[C@@H](F)CN1Cc1cc(Cl)ccc1-c1cnsn1)C(C)(C)C. The molecule has 0 spiro atoms. The lowest BCUT2D eigenvalue weighted by Gasteiger charge is -2.32. The van der Waals surface area contributed by atoms with E-state index in [4.69, 9.17) is 16.3 Å². The van der Waals surface area contributed by atoms with Crippen LogP contribution in [0.1, 0.15) is 53.5 Å². The zero-order chi connectivity index (χ0) is 27.5. The molecule has 202 valence electrons. The van der Waals surface area contributed by atoms with Gasteiger partial charge in [0.1, 0.15) is 23.5 Å². The van der Waals surface area contributed by atoms with Gasteiger partial charge in [0.25, 0.3) is 0 Å². The Morgan fingerprint density at radius 2 is 1.95 bits per heavy atom. The number of ether oxygens (including phenoxy) is 1. The number of benzene rings is 1. The summed E-state index contributed by atoms with van der Waals surface area (Å²) in [6.45, 7) is 10.6. The number of hydrogen-bond donors (Lipinski definition) is 2. The second-order valence-electron chi connectivity index (χ2n) is 11.2. The minimum Gasteiger partial charge on any atom is -0.444 e. The molecule has 1 aliphatic rings. The fourth-order valence-electron chi connectivity index (χ4n) is 4.12. The van der Waals surface area contributed by atoms with Crippen LogP contribution in [-0.4, -0.2) is 62.0 Å². The van der Waals surface area contributed by atoms with E-state index in [-0.39, 0.29) is 19.5 Å². The molecule has 3 amide bonds. The van der Waals surface area contributed by atoms with Crippen molar-refractivity contribution in [3.8, 4) is 11.3 Å². The lowest BCUT2D eigenvalue weighted by atomic mass is 9.86. The van der Waals surface area contributed by atoms with E-state index in [2.05, 4.69) is 19.4 Å². The number of imide groups is 1. The third kappa shape index (κ3) is 7.93. The van der Waals surface area contributed by atoms with Gasteiger partial charge in [-0.15, -0.1) is 0 Å². The average molecular weight is 554 g/mol. The zero-order valence-corrected chi connectivity index (χ0v) is 23.4. The second kappa shape index (κ2) is 11.4. The maximum absolute atomic E-state index is 14.5. The van der Waals surface area contributed by atoms with Crippen molar-refractivity contribution in [2.75, 3.05) is 6.54 Å². The first-order chi connectivity index (χ1) is 17.1. The molecule has 37 heavy (non-hydrogen) atoms. The monoisotopic (exact) mass is 553 g/mol. The molecule has 0 unspecified atom stereocenters. The number of nitrogens with zero attached hydrogens (tertiary/aromatic N) is 3. The van der Waals surface area contributed by atoms with Crippen molar-refractivity contribution < 1.29 is 23.5 Å². The van der Waals surface area contributed by atoms with Gasteiger partial charge in [-0.2, -0.15) is 8.75 Å². The predicted molar refractivity (Wildman–Crippen MR) is 140 cm³/mol. The van der Waals surface area contributed by atoms with Crippen molar-refractivity contribution in [3.05, 3.63) is 35.0 Å². The number of rotatable bonds is 6. The predicted octanol–water partition coefficient (Wildman–Crippen LogP) is 4.35. The van der Waals surface area contributed by atoms with Gasteiger partial charge in [0, 0.05) is 30.1 Å². The summed E-state index contributed by atoms with van der Waals surface area (Å²) in [6.07, 6.45) is -0.446. The summed E-state index contributed by atoms with van der Waals surface area (Å²) >= 11 is 7.29. The highest BCUT2D eigenvalue weighted by atomic mass is 35.5. The Morgan fingerprint density at radius 3 is 2.54 bits per heavy atom. The number of nitrogens with one attached hydrogen (secondary N) is 2. The van der Waals surface area contributed by atoms with Crippen molar-refractivity contribution in [1.29, 1.82) is 0 Å². The molecule has 0 radical (unpaired) electrons. The summed E-state index contributed by atoms with van der Waals surface area (Å²) in [4.78, 5) is 40.3. The van der Waals surface area contributed by atoms with Crippen molar-refractivity contribution in [2.24, 2.45) is 5.41 Å². The average Bonchev–Trinajstić information content (AvgIpc) is 3.40. The van der Waals surface area contributed by atoms with Gasteiger partial charge in [-0.1, -0.05) is 38.4 Å². The molecule has 0 aliphatic carbocycles. The highest BCUT2D eigenvalue weighted by Crippen LogP contribution is 2.30. The van der Waals surface area contributed by atoms with E-state index < -0.39 is 47.2 Å². The molecule has 1 aliphatic heterocycles. The third-order valence-corrected chi connectivity index (χ3v) is 6.48. The van der Waals surface area contributed by atoms with E-state index in [1.54, 1.807) is 64.8 Å². The Bertz CT molecular complexity index is 1130. The topological polar surface area (TPSA) is 114 Å². The van der Waals surface area contributed by atoms with Crippen LogP contribution >= 0.6 is 23.3 Å². The summed E-state index contributed by atoms with van der Waals surface area (Å²) in [6, 6.07) is 3.35. The molecule has 2 N–H and O–H groups in total. The largest absolute Gasteiger partial charge is 0.444 e. The fourth-order valence-corrected chi connectivity index (χ4v) is 4.74. The molecule has 9 nitrogen and oxygen atoms in total. The minimum atomic E-state index is -1.24. The summed E-state index contributed by atoms with van der Waals surface area (Å²) in [7, 11) is 0. The summed E-state index contributed by atoms with van der Waals surface area (Å²) in [5.41, 5.74) is 0.719. The summed E-state index contributed by atoms with van der Waals surface area (Å²) in [5, 5.41) is 5.44. The Kier molecular flexibility index (Phi) is 8.92. The van der Waals surface area contributed by atoms with Crippen LogP contribution in [0, 0.1) is 5.41 Å².